The molecule has 0 N–H and O–H groups in total. The van der Waals surface area contributed by atoms with Crippen molar-refractivity contribution in [3.63, 3.8) is 0 Å². The number of alkyl halides is 1. The van der Waals surface area contributed by atoms with Gasteiger partial charge in [-0.2, -0.15) is 0 Å². The van der Waals surface area contributed by atoms with Crippen molar-refractivity contribution in [2.24, 2.45) is 0 Å². The Morgan fingerprint density at radius 3 is 2.38 bits per heavy atom. The van der Waals surface area contributed by atoms with Gasteiger partial charge in [0.15, 0.2) is 9.84 Å². The molecule has 0 aliphatic carbocycles. The van der Waals surface area contributed by atoms with Crippen molar-refractivity contribution in [1.82, 2.24) is 0 Å². The number of benzene rings is 1. The zero-order valence-electron chi connectivity index (χ0n) is 8.53. The number of rotatable bonds is 6. The Balaban J connectivity index is 2.60. The predicted octanol–water partition coefficient (Wildman–Crippen LogP) is 2.48. The molecule has 0 heterocycles. The van der Waals surface area contributed by atoms with Gasteiger partial charge in [0.05, 0.1) is 23.9 Å². The number of halogens is 2. The third kappa shape index (κ3) is 4.41. The molecule has 0 aliphatic heterocycles. The number of sulfone groups is 1. The Bertz CT molecular complexity index is 416. The first-order valence-corrected chi connectivity index (χ1v) is 7.66. The van der Waals surface area contributed by atoms with Crippen LogP contribution in [0.4, 0.5) is 0 Å². The standard InChI is InChI=1S/C10H12BrClO3S/c11-9-1-3-10(4-2-9)16(13,14)8-7-15-6-5-12/h1-4H,5-8H2. The molecule has 6 heteroatoms. The average Bonchev–Trinajstić information content (AvgIpc) is 2.25. The van der Waals surface area contributed by atoms with Gasteiger partial charge in [-0.25, -0.2) is 8.42 Å². The molecule has 16 heavy (non-hydrogen) atoms. The molecule has 0 fully saturated rings. The van der Waals surface area contributed by atoms with Crippen molar-refractivity contribution in [2.45, 2.75) is 4.90 Å². The Hall–Kier alpha value is -0.100. The molecular weight excluding hydrogens is 316 g/mol. The molecule has 0 aliphatic rings. The van der Waals surface area contributed by atoms with Crippen LogP contribution in [0.15, 0.2) is 33.6 Å². The van der Waals surface area contributed by atoms with Gasteiger partial charge < -0.3 is 4.74 Å². The predicted molar refractivity (Wildman–Crippen MR) is 67.7 cm³/mol. The molecule has 0 spiro atoms. The van der Waals surface area contributed by atoms with E-state index in [9.17, 15) is 8.42 Å². The highest BCUT2D eigenvalue weighted by atomic mass is 79.9. The summed E-state index contributed by atoms with van der Waals surface area (Å²) in [5, 5.41) is 0. The van der Waals surface area contributed by atoms with E-state index < -0.39 is 9.84 Å². The van der Waals surface area contributed by atoms with Crippen molar-refractivity contribution in [2.75, 3.05) is 24.8 Å². The molecule has 3 nitrogen and oxygen atoms in total. The molecule has 90 valence electrons. The molecule has 1 aromatic carbocycles. The topological polar surface area (TPSA) is 43.4 Å². The molecule has 0 aromatic heterocycles. The fraction of sp³-hybridized carbons (Fsp3) is 0.400. The van der Waals surface area contributed by atoms with Crippen molar-refractivity contribution in [3.8, 4) is 0 Å². The minimum absolute atomic E-state index is 0.0223. The van der Waals surface area contributed by atoms with E-state index in [-0.39, 0.29) is 12.4 Å². The molecule has 0 saturated heterocycles. The second kappa shape index (κ2) is 6.59. The Kier molecular flexibility index (Phi) is 5.75. The third-order valence-electron chi connectivity index (χ3n) is 1.89. The largest absolute Gasteiger partial charge is 0.379 e. The smallest absolute Gasteiger partial charge is 0.180 e. The highest BCUT2D eigenvalue weighted by molar-refractivity contribution is 9.10. The number of hydrogen-bond acceptors (Lipinski definition) is 3. The second-order valence-electron chi connectivity index (χ2n) is 3.07. The Morgan fingerprint density at radius 1 is 1.19 bits per heavy atom. The first-order chi connectivity index (χ1) is 7.56. The molecule has 1 rings (SSSR count). The van der Waals surface area contributed by atoms with Gasteiger partial charge in [0.25, 0.3) is 0 Å². The molecule has 0 atom stereocenters. The summed E-state index contributed by atoms with van der Waals surface area (Å²) in [6.45, 7) is 0.544. The van der Waals surface area contributed by atoms with Gasteiger partial charge >= 0.3 is 0 Å². The highest BCUT2D eigenvalue weighted by Crippen LogP contribution is 2.15. The lowest BCUT2D eigenvalue weighted by atomic mass is 10.4. The second-order valence-corrected chi connectivity index (χ2v) is 6.48. The summed E-state index contributed by atoms with van der Waals surface area (Å²) >= 11 is 8.66. The fourth-order valence-corrected chi connectivity index (χ4v) is 2.58. The molecule has 0 saturated carbocycles. The molecule has 1 aromatic rings. The van der Waals surface area contributed by atoms with Gasteiger partial charge in [-0.1, -0.05) is 15.9 Å². The van der Waals surface area contributed by atoms with Crippen molar-refractivity contribution in [1.29, 1.82) is 0 Å². The zero-order chi connectivity index (χ0) is 12.0. The fourth-order valence-electron chi connectivity index (χ4n) is 1.09. The van der Waals surface area contributed by atoms with Crippen LogP contribution in [-0.2, 0) is 14.6 Å². The van der Waals surface area contributed by atoms with Gasteiger partial charge in [0, 0.05) is 10.4 Å². The molecule has 0 bridgehead atoms. The first-order valence-electron chi connectivity index (χ1n) is 4.68. The molecule has 0 unspecified atom stereocenters. The van der Waals surface area contributed by atoms with E-state index in [1.807, 2.05) is 0 Å². The first kappa shape index (κ1) is 14.0. The maximum Gasteiger partial charge on any atom is 0.180 e. The normalized spacial score (nSPS) is 11.6. The summed E-state index contributed by atoms with van der Waals surface area (Å²) in [4.78, 5) is 0.310. The SMILES string of the molecule is O=S(=O)(CCOCCCl)c1ccc(Br)cc1. The van der Waals surface area contributed by atoms with Gasteiger partial charge in [-0.3, -0.25) is 0 Å². The van der Waals surface area contributed by atoms with Crippen LogP contribution in [0.25, 0.3) is 0 Å². The summed E-state index contributed by atoms with van der Waals surface area (Å²) in [6.07, 6.45) is 0. The molecule has 0 amide bonds. The van der Waals surface area contributed by atoms with Crippen molar-refractivity contribution in [3.05, 3.63) is 28.7 Å². The maximum absolute atomic E-state index is 11.8. The summed E-state index contributed by atoms with van der Waals surface area (Å²) in [7, 11) is -3.25. The summed E-state index contributed by atoms with van der Waals surface area (Å²) in [6, 6.07) is 6.54. The van der Waals surface area contributed by atoms with Crippen LogP contribution in [0.5, 0.6) is 0 Å². The summed E-state index contributed by atoms with van der Waals surface area (Å²) < 4.78 is 29.5. The minimum Gasteiger partial charge on any atom is -0.379 e. The van der Waals surface area contributed by atoms with Crippen LogP contribution < -0.4 is 0 Å². The van der Waals surface area contributed by atoms with Crippen LogP contribution in [-0.4, -0.2) is 33.3 Å². The van der Waals surface area contributed by atoms with E-state index >= 15 is 0 Å². The lowest BCUT2D eigenvalue weighted by Gasteiger charge is -2.04. The van der Waals surface area contributed by atoms with Crippen LogP contribution in [0.2, 0.25) is 0 Å². The highest BCUT2D eigenvalue weighted by Gasteiger charge is 2.13. The van der Waals surface area contributed by atoms with Gasteiger partial charge in [-0.15, -0.1) is 11.6 Å². The Morgan fingerprint density at radius 2 is 1.81 bits per heavy atom. The third-order valence-corrected chi connectivity index (χ3v) is 4.27. The summed E-state index contributed by atoms with van der Waals surface area (Å²) in [5.41, 5.74) is 0. The number of ether oxygens (including phenoxy) is 1. The van der Waals surface area contributed by atoms with E-state index in [0.29, 0.717) is 17.4 Å². The quantitative estimate of drug-likeness (QED) is 0.595. The van der Waals surface area contributed by atoms with Crippen LogP contribution >= 0.6 is 27.5 Å². The lowest BCUT2D eigenvalue weighted by molar-refractivity contribution is 0.165. The Labute approximate surface area is 109 Å². The van der Waals surface area contributed by atoms with Crippen molar-refractivity contribution >= 4 is 37.4 Å². The monoisotopic (exact) mass is 326 g/mol. The van der Waals surface area contributed by atoms with E-state index in [2.05, 4.69) is 15.9 Å². The van der Waals surface area contributed by atoms with E-state index in [1.54, 1.807) is 24.3 Å². The molecule has 0 radical (unpaired) electrons. The minimum atomic E-state index is -3.25. The van der Waals surface area contributed by atoms with Crippen molar-refractivity contribution < 1.29 is 13.2 Å². The van der Waals surface area contributed by atoms with Gasteiger partial charge in [-0.05, 0) is 24.3 Å². The van der Waals surface area contributed by atoms with Gasteiger partial charge in [0.2, 0.25) is 0 Å². The van der Waals surface area contributed by atoms with E-state index in [1.165, 1.54) is 0 Å². The summed E-state index contributed by atoms with van der Waals surface area (Å²) in [5.74, 6) is 0.351. The number of hydrogen-bond donors (Lipinski definition) is 0. The van der Waals surface area contributed by atoms with Gasteiger partial charge in [0.1, 0.15) is 0 Å². The van der Waals surface area contributed by atoms with Crippen LogP contribution in [0.3, 0.4) is 0 Å². The molecular formula is C10H12BrClO3S. The van der Waals surface area contributed by atoms with E-state index in [0.717, 1.165) is 4.47 Å². The maximum atomic E-state index is 11.8. The van der Waals surface area contributed by atoms with Crippen LogP contribution in [0.1, 0.15) is 0 Å². The average molecular weight is 328 g/mol. The van der Waals surface area contributed by atoms with Crippen LogP contribution in [0, 0.1) is 0 Å². The zero-order valence-corrected chi connectivity index (χ0v) is 11.7. The van der Waals surface area contributed by atoms with E-state index in [4.69, 9.17) is 16.3 Å². The lowest BCUT2D eigenvalue weighted by Crippen LogP contribution is -2.13.